The standard InChI is InChI=1S/C20H19Br2ClN2O5/c21-17-9-7-10(18(17)22)16-15(9)19(28)25(20(16)29)6-5-14(27)30-8-13(26)24-12-4-2-1-3-11(12)23/h1-4,9-10,15-18H,5-8H2,(H,24,26)/t9-,10-,15-,16+,17+,18+/m1/s1. The number of esters is 1. The minimum Gasteiger partial charge on any atom is -0.456 e. The van der Waals surface area contributed by atoms with E-state index < -0.39 is 18.5 Å². The van der Waals surface area contributed by atoms with Crippen LogP contribution in [0.25, 0.3) is 0 Å². The summed E-state index contributed by atoms with van der Waals surface area (Å²) >= 11 is 13.2. The van der Waals surface area contributed by atoms with Crippen LogP contribution in [0.2, 0.25) is 5.02 Å². The summed E-state index contributed by atoms with van der Waals surface area (Å²) in [7, 11) is 0. The lowest BCUT2D eigenvalue weighted by molar-refractivity contribution is -0.149. The zero-order chi connectivity index (χ0) is 21.6. The number of hydrogen-bond acceptors (Lipinski definition) is 5. The molecule has 30 heavy (non-hydrogen) atoms. The van der Waals surface area contributed by atoms with E-state index in [-0.39, 0.29) is 58.1 Å². The molecule has 1 aromatic rings. The van der Waals surface area contributed by atoms with Crippen molar-refractivity contribution in [2.75, 3.05) is 18.5 Å². The van der Waals surface area contributed by atoms with E-state index in [0.717, 1.165) is 6.42 Å². The normalized spacial score (nSPS) is 31.8. The molecule has 6 atom stereocenters. The van der Waals surface area contributed by atoms with Crippen LogP contribution in [0.4, 0.5) is 5.69 Å². The molecule has 4 rings (SSSR count). The number of fused-ring (bicyclic) bond motifs is 5. The number of anilines is 1. The number of nitrogens with zero attached hydrogens (tertiary/aromatic N) is 1. The number of nitrogens with one attached hydrogen (secondary N) is 1. The molecule has 0 unspecified atom stereocenters. The Labute approximate surface area is 195 Å². The maximum Gasteiger partial charge on any atom is 0.308 e. The molecule has 160 valence electrons. The number of para-hydroxylation sites is 1. The summed E-state index contributed by atoms with van der Waals surface area (Å²) in [4.78, 5) is 51.1. The zero-order valence-electron chi connectivity index (χ0n) is 15.7. The number of ether oxygens (including phenoxy) is 1. The van der Waals surface area contributed by atoms with Crippen molar-refractivity contribution >= 4 is 72.8 Å². The molecule has 0 aromatic heterocycles. The first-order valence-corrected chi connectivity index (χ1v) is 11.8. The first-order chi connectivity index (χ1) is 14.3. The fraction of sp³-hybridized carbons (Fsp3) is 0.500. The second-order valence-corrected chi connectivity index (χ2v) is 10.3. The Morgan fingerprint density at radius 1 is 1.10 bits per heavy atom. The first kappa shape index (κ1) is 21.8. The van der Waals surface area contributed by atoms with Crippen LogP contribution < -0.4 is 5.32 Å². The number of carbonyl (C=O) groups excluding carboxylic acids is 4. The summed E-state index contributed by atoms with van der Waals surface area (Å²) in [5.41, 5.74) is 0.421. The van der Waals surface area contributed by atoms with E-state index in [2.05, 4.69) is 37.2 Å². The Hall–Kier alpha value is -1.45. The minimum atomic E-state index is -0.651. The Kier molecular flexibility index (Phi) is 6.23. The van der Waals surface area contributed by atoms with Gasteiger partial charge in [0.05, 0.1) is 29.0 Å². The summed E-state index contributed by atoms with van der Waals surface area (Å²) in [6.45, 7) is -0.507. The first-order valence-electron chi connectivity index (χ1n) is 9.63. The topological polar surface area (TPSA) is 92.8 Å². The number of amides is 3. The van der Waals surface area contributed by atoms with E-state index in [4.69, 9.17) is 16.3 Å². The van der Waals surface area contributed by atoms with Crippen LogP contribution in [-0.4, -0.2) is 51.4 Å². The van der Waals surface area contributed by atoms with Gasteiger partial charge in [0.25, 0.3) is 5.91 Å². The van der Waals surface area contributed by atoms with Gasteiger partial charge < -0.3 is 10.1 Å². The number of alkyl halides is 2. The van der Waals surface area contributed by atoms with Crippen molar-refractivity contribution in [3.05, 3.63) is 29.3 Å². The van der Waals surface area contributed by atoms with Gasteiger partial charge in [-0.1, -0.05) is 55.6 Å². The highest BCUT2D eigenvalue weighted by Crippen LogP contribution is 2.60. The highest BCUT2D eigenvalue weighted by atomic mass is 79.9. The van der Waals surface area contributed by atoms with Gasteiger partial charge in [0.1, 0.15) is 0 Å². The monoisotopic (exact) mass is 560 g/mol. The molecule has 10 heteroatoms. The van der Waals surface area contributed by atoms with E-state index in [0.29, 0.717) is 10.7 Å². The van der Waals surface area contributed by atoms with Crippen molar-refractivity contribution in [2.45, 2.75) is 22.5 Å². The average Bonchev–Trinajstić information content (AvgIpc) is 3.32. The molecule has 1 heterocycles. The molecule has 0 radical (unpaired) electrons. The number of hydrogen-bond donors (Lipinski definition) is 1. The van der Waals surface area contributed by atoms with Gasteiger partial charge in [0.2, 0.25) is 11.8 Å². The molecule has 1 aliphatic heterocycles. The van der Waals surface area contributed by atoms with Crippen LogP contribution >= 0.6 is 43.5 Å². The van der Waals surface area contributed by atoms with Crippen LogP contribution in [0.3, 0.4) is 0 Å². The quantitative estimate of drug-likeness (QED) is 0.327. The molecular formula is C20H19Br2ClN2O5. The third kappa shape index (κ3) is 3.80. The van der Waals surface area contributed by atoms with Crippen molar-refractivity contribution in [2.24, 2.45) is 23.7 Å². The smallest absolute Gasteiger partial charge is 0.308 e. The Bertz CT molecular complexity index is 881. The molecule has 2 saturated carbocycles. The molecule has 3 fully saturated rings. The number of imide groups is 1. The highest BCUT2D eigenvalue weighted by molar-refractivity contribution is 9.12. The Balaban J connectivity index is 1.27. The van der Waals surface area contributed by atoms with Crippen LogP contribution in [-0.2, 0) is 23.9 Å². The molecule has 1 aromatic carbocycles. The van der Waals surface area contributed by atoms with Crippen LogP contribution in [0, 0.1) is 23.7 Å². The van der Waals surface area contributed by atoms with E-state index in [9.17, 15) is 19.2 Å². The number of carbonyl (C=O) groups is 4. The van der Waals surface area contributed by atoms with Crippen LogP contribution in [0.5, 0.6) is 0 Å². The predicted octanol–water partition coefficient (Wildman–Crippen LogP) is 2.99. The van der Waals surface area contributed by atoms with E-state index >= 15 is 0 Å². The number of benzene rings is 1. The minimum absolute atomic E-state index is 0.0328. The third-order valence-electron chi connectivity index (χ3n) is 6.13. The summed E-state index contributed by atoms with van der Waals surface area (Å²) in [6, 6.07) is 6.71. The van der Waals surface area contributed by atoms with Crippen molar-refractivity contribution in [3.8, 4) is 0 Å². The maximum atomic E-state index is 12.8. The van der Waals surface area contributed by atoms with Crippen molar-refractivity contribution in [1.82, 2.24) is 4.90 Å². The Morgan fingerprint density at radius 2 is 1.70 bits per heavy atom. The molecular weight excluding hydrogens is 543 g/mol. The molecule has 2 aliphatic carbocycles. The van der Waals surface area contributed by atoms with Crippen LogP contribution in [0.1, 0.15) is 12.8 Å². The lowest BCUT2D eigenvalue weighted by atomic mass is 9.81. The molecule has 1 saturated heterocycles. The molecule has 0 spiro atoms. The second kappa shape index (κ2) is 8.59. The molecule has 3 aliphatic rings. The van der Waals surface area contributed by atoms with Gasteiger partial charge in [-0.05, 0) is 30.4 Å². The van der Waals surface area contributed by atoms with E-state index in [1.165, 1.54) is 4.90 Å². The van der Waals surface area contributed by atoms with E-state index in [1.54, 1.807) is 24.3 Å². The van der Waals surface area contributed by atoms with Gasteiger partial charge in [-0.2, -0.15) is 0 Å². The highest BCUT2D eigenvalue weighted by Gasteiger charge is 2.66. The summed E-state index contributed by atoms with van der Waals surface area (Å²) in [6.07, 6.45) is 0.705. The summed E-state index contributed by atoms with van der Waals surface area (Å²) in [5.74, 6) is -1.94. The van der Waals surface area contributed by atoms with Gasteiger partial charge in [0.15, 0.2) is 6.61 Å². The molecule has 3 amide bonds. The number of rotatable bonds is 6. The SMILES string of the molecule is O=C(COC(=O)CCN1C(=O)[C@@H]2[C@H]3C[C@@H]([C@H](Br)[C@H]3Br)[C@@H]2C1=O)Nc1ccccc1Cl. The second-order valence-electron chi connectivity index (χ2n) is 7.77. The predicted molar refractivity (Wildman–Crippen MR) is 116 cm³/mol. The molecule has 7 nitrogen and oxygen atoms in total. The summed E-state index contributed by atoms with van der Waals surface area (Å²) in [5, 5.41) is 2.93. The van der Waals surface area contributed by atoms with Crippen molar-refractivity contribution in [1.29, 1.82) is 0 Å². The van der Waals surface area contributed by atoms with Crippen molar-refractivity contribution in [3.63, 3.8) is 0 Å². The van der Waals surface area contributed by atoms with Gasteiger partial charge >= 0.3 is 5.97 Å². The zero-order valence-corrected chi connectivity index (χ0v) is 19.7. The maximum absolute atomic E-state index is 12.8. The van der Waals surface area contributed by atoms with Crippen LogP contribution in [0.15, 0.2) is 24.3 Å². The fourth-order valence-corrected chi connectivity index (χ4v) is 6.86. The lowest BCUT2D eigenvalue weighted by Gasteiger charge is -2.28. The van der Waals surface area contributed by atoms with E-state index in [1.807, 2.05) is 0 Å². The summed E-state index contributed by atoms with van der Waals surface area (Å²) < 4.78 is 4.97. The third-order valence-corrected chi connectivity index (χ3v) is 9.67. The molecule has 2 bridgehead atoms. The number of halogens is 3. The van der Waals surface area contributed by atoms with Gasteiger partial charge in [0, 0.05) is 16.2 Å². The average molecular weight is 563 g/mol. The Morgan fingerprint density at radius 3 is 2.30 bits per heavy atom. The van der Waals surface area contributed by atoms with Crippen molar-refractivity contribution < 1.29 is 23.9 Å². The largest absolute Gasteiger partial charge is 0.456 e. The molecule has 1 N–H and O–H groups in total. The number of likely N-dealkylation sites (tertiary alicyclic amines) is 1. The lowest BCUT2D eigenvalue weighted by Crippen LogP contribution is -2.37. The fourth-order valence-electron chi connectivity index (χ4n) is 4.80. The van der Waals surface area contributed by atoms with Gasteiger partial charge in [-0.15, -0.1) is 0 Å². The van der Waals surface area contributed by atoms with Gasteiger partial charge in [-0.3, -0.25) is 24.1 Å². The van der Waals surface area contributed by atoms with Gasteiger partial charge in [-0.25, -0.2) is 0 Å².